The van der Waals surface area contributed by atoms with Crippen molar-refractivity contribution in [2.45, 2.75) is 50.6 Å². The quantitative estimate of drug-likeness (QED) is 0.409. The average molecular weight is 393 g/mol. The Morgan fingerprint density at radius 1 is 1.16 bits per heavy atom. The molecule has 1 aromatic rings. The van der Waals surface area contributed by atoms with Crippen molar-refractivity contribution in [1.82, 2.24) is 0 Å². The minimum Gasteiger partial charge on any atom is -0.493 e. The van der Waals surface area contributed by atoms with Crippen LogP contribution in [0.5, 0.6) is 5.75 Å². The Morgan fingerprint density at radius 3 is 2.48 bits per heavy atom. The summed E-state index contributed by atoms with van der Waals surface area (Å²) in [6, 6.07) is 3.17. The van der Waals surface area contributed by atoms with Gasteiger partial charge in [0.25, 0.3) is 0 Å². The van der Waals surface area contributed by atoms with Gasteiger partial charge in [-0.2, -0.15) is 18.4 Å². The lowest BCUT2D eigenvalue weighted by atomic mass is 10.1. The highest BCUT2D eigenvalue weighted by atomic mass is 32.2. The van der Waals surface area contributed by atoms with Crippen LogP contribution in [0.15, 0.2) is 17.0 Å². The van der Waals surface area contributed by atoms with Crippen LogP contribution in [0.25, 0.3) is 0 Å². The number of hydrogen-bond donors (Lipinski definition) is 0. The number of alkyl halides is 3. The predicted molar refractivity (Wildman–Crippen MR) is 95.3 cm³/mol. The molecule has 0 aromatic heterocycles. The molecule has 0 radical (unpaired) electrons. The maximum atomic E-state index is 12.5. The van der Waals surface area contributed by atoms with Crippen LogP contribution >= 0.6 is 11.8 Å². The minimum absolute atomic E-state index is 0.173. The van der Waals surface area contributed by atoms with E-state index in [4.69, 9.17) is 10.00 Å². The third-order valence-corrected chi connectivity index (χ3v) is 5.62. The molecular formula is C17H22F3NO2S2. The van der Waals surface area contributed by atoms with Gasteiger partial charge >= 0.3 is 6.18 Å². The van der Waals surface area contributed by atoms with Gasteiger partial charge in [0.05, 0.1) is 17.4 Å². The van der Waals surface area contributed by atoms with E-state index < -0.39 is 22.7 Å². The molecule has 0 aliphatic heterocycles. The Bertz CT molecular complexity index is 628. The van der Waals surface area contributed by atoms with Crippen LogP contribution in [-0.2, 0) is 10.8 Å². The second-order valence-electron chi connectivity index (χ2n) is 5.69. The number of rotatable bonds is 10. The Labute approximate surface area is 153 Å². The van der Waals surface area contributed by atoms with Crippen molar-refractivity contribution in [1.29, 1.82) is 5.26 Å². The summed E-state index contributed by atoms with van der Waals surface area (Å²) in [4.78, 5) is 0.173. The lowest BCUT2D eigenvalue weighted by Crippen LogP contribution is -2.19. The van der Waals surface area contributed by atoms with Gasteiger partial charge in [0.2, 0.25) is 0 Å². The third kappa shape index (κ3) is 8.63. The van der Waals surface area contributed by atoms with Crippen molar-refractivity contribution in [3.63, 3.8) is 0 Å². The monoisotopic (exact) mass is 393 g/mol. The first-order valence-corrected chi connectivity index (χ1v) is 10.2. The first kappa shape index (κ1) is 21.8. The fraction of sp³-hybridized carbons (Fsp3) is 0.588. The SMILES string of the molecule is Cc1cc(C)c(S(=O)CC(F)(F)F)cc1OCCCCCCSC#N. The lowest BCUT2D eigenvalue weighted by Gasteiger charge is -2.14. The first-order chi connectivity index (χ1) is 11.7. The van der Waals surface area contributed by atoms with Crippen molar-refractivity contribution in [2.24, 2.45) is 0 Å². The van der Waals surface area contributed by atoms with Gasteiger partial charge in [-0.15, -0.1) is 0 Å². The van der Waals surface area contributed by atoms with Gasteiger partial charge in [0.15, 0.2) is 0 Å². The molecule has 0 N–H and O–H groups in total. The molecule has 1 rings (SSSR count). The predicted octanol–water partition coefficient (Wildman–Crippen LogP) is 5.13. The first-order valence-electron chi connectivity index (χ1n) is 7.94. The second-order valence-corrected chi connectivity index (χ2v) is 7.99. The number of thiocyanates is 1. The van der Waals surface area contributed by atoms with Gasteiger partial charge in [0, 0.05) is 10.6 Å². The minimum atomic E-state index is -4.47. The normalized spacial score (nSPS) is 12.6. The number of aryl methyl sites for hydroxylation is 2. The molecule has 8 heteroatoms. The van der Waals surface area contributed by atoms with Gasteiger partial charge in [-0.25, -0.2) is 0 Å². The average Bonchev–Trinajstić information content (AvgIpc) is 2.49. The Kier molecular flexibility index (Phi) is 9.36. The molecule has 0 saturated carbocycles. The fourth-order valence-electron chi connectivity index (χ4n) is 2.30. The molecule has 0 fully saturated rings. The highest BCUT2D eigenvalue weighted by Crippen LogP contribution is 2.28. The largest absolute Gasteiger partial charge is 0.493 e. The molecule has 0 bridgehead atoms. The van der Waals surface area contributed by atoms with E-state index in [0.29, 0.717) is 17.9 Å². The smallest absolute Gasteiger partial charge is 0.400 e. The molecule has 0 aliphatic rings. The highest BCUT2D eigenvalue weighted by molar-refractivity contribution is 8.03. The summed E-state index contributed by atoms with van der Waals surface area (Å²) in [6.45, 7) is 3.93. The Hall–Kier alpha value is -1.20. The molecule has 140 valence electrons. The summed E-state index contributed by atoms with van der Waals surface area (Å²) in [6.07, 6.45) is -0.698. The standard InChI is InChI=1S/C17H22F3NO2S2/c1-13-9-14(2)16(25(22)11-17(18,19)20)10-15(13)23-7-5-3-4-6-8-24-12-21/h9-10H,3-8,11H2,1-2H3. The molecule has 3 nitrogen and oxygen atoms in total. The number of ether oxygens (including phenoxy) is 1. The van der Waals surface area contributed by atoms with E-state index >= 15 is 0 Å². The maximum Gasteiger partial charge on any atom is 0.400 e. The molecule has 0 spiro atoms. The molecule has 0 heterocycles. The van der Waals surface area contributed by atoms with Crippen molar-refractivity contribution in [3.05, 3.63) is 23.3 Å². The number of hydrogen-bond acceptors (Lipinski definition) is 4. The number of nitriles is 1. The zero-order valence-electron chi connectivity index (χ0n) is 14.3. The van der Waals surface area contributed by atoms with E-state index in [1.54, 1.807) is 13.0 Å². The number of halogens is 3. The summed E-state index contributed by atoms with van der Waals surface area (Å²) < 4.78 is 55.0. The van der Waals surface area contributed by atoms with Crippen LogP contribution in [0.1, 0.15) is 36.8 Å². The van der Waals surface area contributed by atoms with Gasteiger partial charge in [-0.1, -0.05) is 18.9 Å². The Morgan fingerprint density at radius 2 is 1.84 bits per heavy atom. The number of unbranched alkanes of at least 4 members (excludes halogenated alkanes) is 3. The molecule has 0 aliphatic carbocycles. The van der Waals surface area contributed by atoms with E-state index in [2.05, 4.69) is 0 Å². The van der Waals surface area contributed by atoms with Crippen molar-refractivity contribution < 1.29 is 22.1 Å². The highest BCUT2D eigenvalue weighted by Gasteiger charge is 2.31. The van der Waals surface area contributed by atoms with E-state index in [1.165, 1.54) is 17.8 Å². The van der Waals surface area contributed by atoms with Crippen LogP contribution in [0.4, 0.5) is 13.2 Å². The van der Waals surface area contributed by atoms with E-state index in [0.717, 1.165) is 37.0 Å². The van der Waals surface area contributed by atoms with Crippen LogP contribution < -0.4 is 4.74 Å². The van der Waals surface area contributed by atoms with Crippen LogP contribution in [0.2, 0.25) is 0 Å². The molecular weight excluding hydrogens is 371 g/mol. The van der Waals surface area contributed by atoms with Gasteiger partial charge in [-0.3, -0.25) is 4.21 Å². The third-order valence-electron chi connectivity index (χ3n) is 3.48. The molecule has 1 atom stereocenters. The van der Waals surface area contributed by atoms with Crippen LogP contribution in [-0.4, -0.2) is 28.5 Å². The summed E-state index contributed by atoms with van der Waals surface area (Å²) >= 11 is 1.25. The summed E-state index contributed by atoms with van der Waals surface area (Å²) in [5.41, 5.74) is 1.39. The number of nitrogens with zero attached hydrogens (tertiary/aromatic N) is 1. The van der Waals surface area contributed by atoms with E-state index in [9.17, 15) is 17.4 Å². The molecule has 1 aromatic carbocycles. The summed E-state index contributed by atoms with van der Waals surface area (Å²) in [5, 5.41) is 10.4. The van der Waals surface area contributed by atoms with Crippen molar-refractivity contribution in [3.8, 4) is 11.2 Å². The van der Waals surface area contributed by atoms with Crippen molar-refractivity contribution >= 4 is 22.6 Å². The number of thioether (sulfide) groups is 1. The molecule has 0 saturated heterocycles. The topological polar surface area (TPSA) is 50.1 Å². The Balaban J connectivity index is 2.56. The van der Waals surface area contributed by atoms with Crippen LogP contribution in [0, 0.1) is 24.5 Å². The van der Waals surface area contributed by atoms with Crippen molar-refractivity contribution in [2.75, 3.05) is 18.1 Å². The fourth-order valence-corrected chi connectivity index (χ4v) is 3.85. The zero-order chi connectivity index (χ0) is 18.9. The molecule has 1 unspecified atom stereocenters. The molecule has 0 amide bonds. The maximum absolute atomic E-state index is 12.5. The van der Waals surface area contributed by atoms with E-state index in [1.807, 2.05) is 12.3 Å². The summed E-state index contributed by atoms with van der Waals surface area (Å²) in [7, 11) is -2.13. The van der Waals surface area contributed by atoms with Gasteiger partial charge < -0.3 is 4.74 Å². The lowest BCUT2D eigenvalue weighted by molar-refractivity contribution is -0.105. The van der Waals surface area contributed by atoms with E-state index in [-0.39, 0.29) is 4.90 Å². The van der Waals surface area contributed by atoms with Gasteiger partial charge in [0.1, 0.15) is 16.9 Å². The van der Waals surface area contributed by atoms with Gasteiger partial charge in [-0.05, 0) is 55.6 Å². The second kappa shape index (κ2) is 10.7. The summed E-state index contributed by atoms with van der Waals surface area (Å²) in [5.74, 6) is -0.0454. The zero-order valence-corrected chi connectivity index (χ0v) is 16.0. The molecule has 25 heavy (non-hydrogen) atoms. The number of benzene rings is 1. The van der Waals surface area contributed by atoms with Crippen LogP contribution in [0.3, 0.4) is 0 Å².